The molecule has 0 spiro atoms. The predicted molar refractivity (Wildman–Crippen MR) is 119 cm³/mol. The second-order valence-corrected chi connectivity index (χ2v) is 7.02. The number of furan rings is 1. The summed E-state index contributed by atoms with van der Waals surface area (Å²) in [5.74, 6) is 3.91. The lowest BCUT2D eigenvalue weighted by molar-refractivity contribution is 0.146. The molecule has 2 N–H and O–H groups in total. The first kappa shape index (κ1) is 22.4. The van der Waals surface area contributed by atoms with E-state index in [1.54, 1.807) is 6.26 Å². The molecule has 1 aromatic rings. The van der Waals surface area contributed by atoms with Crippen LogP contribution in [0.15, 0.2) is 40.5 Å². The van der Waals surface area contributed by atoms with Gasteiger partial charge < -0.3 is 15.1 Å². The average molecular weight is 478 g/mol. The molecule has 142 valence electrons. The zero-order valence-electron chi connectivity index (χ0n) is 15.1. The summed E-state index contributed by atoms with van der Waals surface area (Å²) >= 11 is 1.86. The zero-order chi connectivity index (χ0) is 17.0. The number of piperidine rings is 1. The Bertz CT molecular complexity index is 489. The van der Waals surface area contributed by atoms with E-state index in [1.165, 1.54) is 19.3 Å². The molecule has 2 heterocycles. The van der Waals surface area contributed by atoms with Crippen LogP contribution < -0.4 is 10.6 Å². The Balaban J connectivity index is 0.00000312. The Kier molecular flexibility index (Phi) is 12.1. The second-order valence-electron chi connectivity index (χ2n) is 5.87. The van der Waals surface area contributed by atoms with Gasteiger partial charge in [-0.1, -0.05) is 12.5 Å². The predicted octanol–water partition coefficient (Wildman–Crippen LogP) is 3.51. The highest BCUT2D eigenvalue weighted by Crippen LogP contribution is 2.24. The van der Waals surface area contributed by atoms with Crippen molar-refractivity contribution in [3.8, 4) is 0 Å². The topological polar surface area (TPSA) is 52.8 Å². The van der Waals surface area contributed by atoms with Crippen molar-refractivity contribution in [3.05, 3.63) is 36.8 Å². The lowest BCUT2D eigenvalue weighted by Crippen LogP contribution is -2.44. The standard InChI is InChI=1S/C18H30N4OS.HI/c1-3-13-24-14-9-20-18(19-2)21-15-16(17-8-7-12-23-17)22-10-5-4-6-11-22;/h3,7-8,12,16H,1,4-6,9-11,13-15H2,2H3,(H2,19,20,21);1H. The molecule has 1 fully saturated rings. The number of hydrogen-bond donors (Lipinski definition) is 2. The molecule has 1 aliphatic rings. The number of rotatable bonds is 9. The molecular weight excluding hydrogens is 447 g/mol. The van der Waals surface area contributed by atoms with Crippen LogP contribution in [0.25, 0.3) is 0 Å². The van der Waals surface area contributed by atoms with Crippen molar-refractivity contribution in [2.24, 2.45) is 4.99 Å². The van der Waals surface area contributed by atoms with Crippen molar-refractivity contribution in [3.63, 3.8) is 0 Å². The fraction of sp³-hybridized carbons (Fsp3) is 0.611. The quantitative estimate of drug-likeness (QED) is 0.187. The molecule has 5 nitrogen and oxygen atoms in total. The minimum absolute atomic E-state index is 0. The molecule has 0 bridgehead atoms. The minimum atomic E-state index is 0. The first-order chi connectivity index (χ1) is 11.8. The van der Waals surface area contributed by atoms with E-state index in [2.05, 4.69) is 33.2 Å². The maximum atomic E-state index is 5.69. The Labute approximate surface area is 173 Å². The molecular formula is C18H31IN4OS. The number of hydrogen-bond acceptors (Lipinski definition) is 4. The summed E-state index contributed by atoms with van der Waals surface area (Å²) in [5.41, 5.74) is 0. The number of halogens is 1. The molecule has 0 aromatic carbocycles. The molecule has 1 unspecified atom stereocenters. The maximum absolute atomic E-state index is 5.69. The molecule has 0 aliphatic carbocycles. The monoisotopic (exact) mass is 478 g/mol. The van der Waals surface area contributed by atoms with E-state index >= 15 is 0 Å². The lowest BCUT2D eigenvalue weighted by atomic mass is 10.1. The van der Waals surface area contributed by atoms with Gasteiger partial charge in [-0.2, -0.15) is 11.8 Å². The Morgan fingerprint density at radius 1 is 1.40 bits per heavy atom. The van der Waals surface area contributed by atoms with Crippen LogP contribution >= 0.6 is 35.7 Å². The van der Waals surface area contributed by atoms with Crippen LogP contribution in [0.5, 0.6) is 0 Å². The van der Waals surface area contributed by atoms with Gasteiger partial charge in [0.15, 0.2) is 5.96 Å². The summed E-state index contributed by atoms with van der Waals surface area (Å²) in [6, 6.07) is 4.30. The van der Waals surface area contributed by atoms with E-state index in [0.29, 0.717) is 0 Å². The van der Waals surface area contributed by atoms with Crippen molar-refractivity contribution in [2.45, 2.75) is 25.3 Å². The lowest BCUT2D eigenvalue weighted by Gasteiger charge is -2.33. The SMILES string of the molecule is C=CCSCCNC(=NC)NCC(c1ccco1)N1CCCCC1.I. The van der Waals surface area contributed by atoms with Crippen LogP contribution in [-0.2, 0) is 0 Å². The molecule has 1 atom stereocenters. The summed E-state index contributed by atoms with van der Waals surface area (Å²) < 4.78 is 5.69. The maximum Gasteiger partial charge on any atom is 0.191 e. The van der Waals surface area contributed by atoms with E-state index in [4.69, 9.17) is 4.42 Å². The third kappa shape index (κ3) is 8.04. The molecule has 7 heteroatoms. The fourth-order valence-corrected chi connectivity index (χ4v) is 3.52. The van der Waals surface area contributed by atoms with Crippen molar-refractivity contribution in [2.75, 3.05) is 44.7 Å². The van der Waals surface area contributed by atoms with E-state index in [-0.39, 0.29) is 30.0 Å². The Morgan fingerprint density at radius 3 is 2.84 bits per heavy atom. The van der Waals surface area contributed by atoms with Crippen LogP contribution in [0.2, 0.25) is 0 Å². The highest BCUT2D eigenvalue weighted by molar-refractivity contribution is 14.0. The van der Waals surface area contributed by atoms with E-state index in [9.17, 15) is 0 Å². The van der Waals surface area contributed by atoms with E-state index in [0.717, 1.165) is 49.4 Å². The summed E-state index contributed by atoms with van der Waals surface area (Å²) in [5, 5.41) is 6.82. The van der Waals surface area contributed by atoms with Gasteiger partial charge >= 0.3 is 0 Å². The third-order valence-corrected chi connectivity index (χ3v) is 5.13. The molecule has 1 saturated heterocycles. The summed E-state index contributed by atoms with van der Waals surface area (Å²) in [4.78, 5) is 6.84. The van der Waals surface area contributed by atoms with Crippen LogP contribution in [0.4, 0.5) is 0 Å². The zero-order valence-corrected chi connectivity index (χ0v) is 18.2. The van der Waals surface area contributed by atoms with Gasteiger partial charge in [0.25, 0.3) is 0 Å². The highest BCUT2D eigenvalue weighted by Gasteiger charge is 2.24. The third-order valence-electron chi connectivity index (χ3n) is 4.16. The van der Waals surface area contributed by atoms with Gasteiger partial charge in [0.1, 0.15) is 5.76 Å². The largest absolute Gasteiger partial charge is 0.468 e. The Morgan fingerprint density at radius 2 is 2.20 bits per heavy atom. The number of nitrogens with zero attached hydrogens (tertiary/aromatic N) is 2. The van der Waals surface area contributed by atoms with E-state index in [1.807, 2.05) is 31.0 Å². The second kappa shape index (κ2) is 13.5. The molecule has 2 rings (SSSR count). The summed E-state index contributed by atoms with van der Waals surface area (Å²) in [7, 11) is 1.81. The van der Waals surface area contributed by atoms with E-state index < -0.39 is 0 Å². The molecule has 0 saturated carbocycles. The number of likely N-dealkylation sites (tertiary alicyclic amines) is 1. The summed E-state index contributed by atoms with van der Waals surface area (Å²) in [6.07, 6.45) is 7.57. The normalized spacial score (nSPS) is 16.8. The van der Waals surface area contributed by atoms with Crippen LogP contribution in [0.1, 0.15) is 31.1 Å². The van der Waals surface area contributed by atoms with Gasteiger partial charge in [0.2, 0.25) is 0 Å². The smallest absolute Gasteiger partial charge is 0.191 e. The molecule has 0 radical (unpaired) electrons. The fourth-order valence-electron chi connectivity index (χ4n) is 2.94. The molecule has 0 amide bonds. The minimum Gasteiger partial charge on any atom is -0.468 e. The van der Waals surface area contributed by atoms with Crippen LogP contribution in [0.3, 0.4) is 0 Å². The first-order valence-corrected chi connectivity index (χ1v) is 9.91. The first-order valence-electron chi connectivity index (χ1n) is 8.75. The van der Waals surface area contributed by atoms with Gasteiger partial charge in [0, 0.05) is 31.6 Å². The van der Waals surface area contributed by atoms with Gasteiger partial charge in [-0.25, -0.2) is 0 Å². The molecule has 1 aliphatic heterocycles. The van der Waals surface area contributed by atoms with Gasteiger partial charge in [0.05, 0.1) is 12.3 Å². The van der Waals surface area contributed by atoms with Gasteiger partial charge in [-0.05, 0) is 38.1 Å². The van der Waals surface area contributed by atoms with Gasteiger partial charge in [-0.3, -0.25) is 9.89 Å². The Hall–Kier alpha value is -0.670. The van der Waals surface area contributed by atoms with Crippen molar-refractivity contribution < 1.29 is 4.42 Å². The van der Waals surface area contributed by atoms with Crippen LogP contribution in [0, 0.1) is 0 Å². The highest BCUT2D eigenvalue weighted by atomic mass is 127. The van der Waals surface area contributed by atoms with Gasteiger partial charge in [-0.15, -0.1) is 30.6 Å². The van der Waals surface area contributed by atoms with Crippen LogP contribution in [-0.4, -0.2) is 55.6 Å². The van der Waals surface area contributed by atoms with Crippen molar-refractivity contribution in [1.82, 2.24) is 15.5 Å². The average Bonchev–Trinajstić information content (AvgIpc) is 3.15. The van der Waals surface area contributed by atoms with Crippen molar-refractivity contribution >= 4 is 41.7 Å². The number of nitrogens with one attached hydrogen (secondary N) is 2. The molecule has 1 aromatic heterocycles. The number of guanidine groups is 1. The summed E-state index contributed by atoms with van der Waals surface area (Å²) in [6.45, 7) is 7.70. The molecule has 25 heavy (non-hydrogen) atoms. The van der Waals surface area contributed by atoms with Crippen molar-refractivity contribution in [1.29, 1.82) is 0 Å². The number of aliphatic imine (C=N–C) groups is 1. The number of thioether (sulfide) groups is 1.